The van der Waals surface area contributed by atoms with Gasteiger partial charge < -0.3 is 15.7 Å². The Morgan fingerprint density at radius 2 is 1.81 bits per heavy atom. The summed E-state index contributed by atoms with van der Waals surface area (Å²) in [5.41, 5.74) is 2.10. The SMILES string of the molecule is CC.Cc1nc(Nc2nc(Nc3ccc4c(c3)c(C#N)nn4CC(C)O)nn3c(C#N)cnc23)nn1C. The lowest BCUT2D eigenvalue weighted by Crippen LogP contribution is -2.12. The van der Waals surface area contributed by atoms with Gasteiger partial charge >= 0.3 is 0 Å². The quantitative estimate of drug-likeness (QED) is 0.312. The average Bonchev–Trinajstić information content (AvgIpc) is 3.55. The highest BCUT2D eigenvalue weighted by Gasteiger charge is 2.17. The van der Waals surface area contributed by atoms with Crippen LogP contribution in [-0.2, 0) is 13.6 Å². The molecular weight excluding hydrogens is 474 g/mol. The summed E-state index contributed by atoms with van der Waals surface area (Å²) >= 11 is 0. The Morgan fingerprint density at radius 3 is 2.46 bits per heavy atom. The summed E-state index contributed by atoms with van der Waals surface area (Å²) < 4.78 is 4.58. The number of hydrogen-bond acceptors (Lipinski definition) is 11. The summed E-state index contributed by atoms with van der Waals surface area (Å²) in [5.74, 6) is 1.51. The van der Waals surface area contributed by atoms with Crippen LogP contribution in [0.25, 0.3) is 16.6 Å². The van der Waals surface area contributed by atoms with Gasteiger partial charge in [-0.1, -0.05) is 13.8 Å². The molecule has 3 N–H and O–H groups in total. The van der Waals surface area contributed by atoms with Crippen molar-refractivity contribution in [1.29, 1.82) is 10.5 Å². The van der Waals surface area contributed by atoms with Gasteiger partial charge in [0.15, 0.2) is 22.9 Å². The molecule has 5 rings (SSSR count). The Labute approximate surface area is 211 Å². The fourth-order valence-electron chi connectivity index (χ4n) is 3.57. The van der Waals surface area contributed by atoms with Gasteiger partial charge in [0.1, 0.15) is 18.0 Å². The molecule has 0 radical (unpaired) electrons. The van der Waals surface area contributed by atoms with Crippen LogP contribution in [-0.4, -0.2) is 55.3 Å². The molecule has 1 aromatic carbocycles. The van der Waals surface area contributed by atoms with Crippen molar-refractivity contribution in [2.45, 2.75) is 40.3 Å². The van der Waals surface area contributed by atoms with Gasteiger partial charge in [-0.3, -0.25) is 9.36 Å². The predicted molar refractivity (Wildman–Crippen MR) is 135 cm³/mol. The van der Waals surface area contributed by atoms with Crippen LogP contribution in [0.3, 0.4) is 0 Å². The molecule has 0 aliphatic rings. The molecular formula is C23H25N13O. The second kappa shape index (κ2) is 10.3. The lowest BCUT2D eigenvalue weighted by molar-refractivity contribution is 0.170. The zero-order chi connectivity index (χ0) is 26.7. The number of hydrogen-bond donors (Lipinski definition) is 3. The molecule has 37 heavy (non-hydrogen) atoms. The number of nitriles is 2. The first-order chi connectivity index (χ1) is 17.9. The van der Waals surface area contributed by atoms with E-state index in [1.165, 1.54) is 10.7 Å². The second-order valence-electron chi connectivity index (χ2n) is 7.85. The van der Waals surface area contributed by atoms with E-state index in [1.807, 2.05) is 20.8 Å². The van der Waals surface area contributed by atoms with Crippen molar-refractivity contribution in [3.8, 4) is 12.1 Å². The molecule has 14 heteroatoms. The van der Waals surface area contributed by atoms with Crippen molar-refractivity contribution in [1.82, 2.24) is 44.1 Å². The van der Waals surface area contributed by atoms with Crippen LogP contribution in [0.2, 0.25) is 0 Å². The first-order valence-corrected chi connectivity index (χ1v) is 11.5. The van der Waals surface area contributed by atoms with Crippen LogP contribution in [0, 0.1) is 29.6 Å². The highest BCUT2D eigenvalue weighted by Crippen LogP contribution is 2.26. The van der Waals surface area contributed by atoms with Crippen LogP contribution in [0.4, 0.5) is 23.4 Å². The van der Waals surface area contributed by atoms with Crippen molar-refractivity contribution in [2.24, 2.45) is 7.05 Å². The highest BCUT2D eigenvalue weighted by molar-refractivity contribution is 5.88. The Kier molecular flexibility index (Phi) is 6.95. The fourth-order valence-corrected chi connectivity index (χ4v) is 3.57. The standard InChI is InChI=1S/C21H19N13O.C2H6/c1-11(35)10-33-17-5-4-13(6-15(17)16(8-23)29-33)26-21-28-18(27-20-25-12(2)32(3)30-20)19-24-9-14(7-22)34(19)31-21;1-2/h4-6,9,11,35H,10H2,1-3H3,(H2,26,27,28,30,31);1-2H3. The summed E-state index contributed by atoms with van der Waals surface area (Å²) in [4.78, 5) is 13.1. The Hall–Kier alpha value is -5.08. The Morgan fingerprint density at radius 1 is 1.05 bits per heavy atom. The zero-order valence-electron chi connectivity index (χ0n) is 21.0. The average molecular weight is 500 g/mol. The third-order valence-electron chi connectivity index (χ3n) is 5.24. The molecule has 0 aliphatic heterocycles. The molecule has 4 aromatic heterocycles. The number of fused-ring (bicyclic) bond motifs is 2. The van der Waals surface area contributed by atoms with E-state index in [9.17, 15) is 15.6 Å². The summed E-state index contributed by atoms with van der Waals surface area (Å²) in [5, 5.41) is 48.5. The minimum absolute atomic E-state index is 0.177. The smallest absolute Gasteiger partial charge is 0.248 e. The molecule has 0 bridgehead atoms. The molecule has 188 valence electrons. The molecule has 1 atom stereocenters. The summed E-state index contributed by atoms with van der Waals surface area (Å²) in [6.07, 6.45) is 0.785. The van der Waals surface area contributed by atoms with Gasteiger partial charge in [-0.2, -0.15) is 30.1 Å². The number of rotatable bonds is 6. The van der Waals surface area contributed by atoms with Crippen molar-refractivity contribution < 1.29 is 5.11 Å². The van der Waals surface area contributed by atoms with E-state index in [1.54, 1.807) is 41.5 Å². The van der Waals surface area contributed by atoms with Gasteiger partial charge in [0.05, 0.1) is 24.4 Å². The monoisotopic (exact) mass is 499 g/mol. The fraction of sp³-hybridized carbons (Fsp3) is 0.304. The largest absolute Gasteiger partial charge is 0.391 e. The summed E-state index contributed by atoms with van der Waals surface area (Å²) in [6.45, 7) is 7.74. The predicted octanol–water partition coefficient (Wildman–Crippen LogP) is 2.55. The summed E-state index contributed by atoms with van der Waals surface area (Å²) in [6, 6.07) is 9.47. The van der Waals surface area contributed by atoms with E-state index < -0.39 is 6.10 Å². The van der Waals surface area contributed by atoms with Crippen molar-refractivity contribution in [3.05, 3.63) is 41.6 Å². The molecule has 4 heterocycles. The van der Waals surface area contributed by atoms with Crippen LogP contribution in [0.15, 0.2) is 24.4 Å². The maximum atomic E-state index is 9.74. The molecule has 0 saturated heterocycles. The van der Waals surface area contributed by atoms with Gasteiger partial charge in [-0.05, 0) is 32.0 Å². The van der Waals surface area contributed by atoms with Gasteiger partial charge in [-0.25, -0.2) is 4.98 Å². The molecule has 0 aliphatic carbocycles. The topological polar surface area (TPSA) is 183 Å². The Bertz CT molecular complexity index is 1640. The van der Waals surface area contributed by atoms with Crippen molar-refractivity contribution >= 4 is 40.0 Å². The van der Waals surface area contributed by atoms with E-state index in [2.05, 4.69) is 53.0 Å². The van der Waals surface area contributed by atoms with Crippen LogP contribution >= 0.6 is 0 Å². The first-order valence-electron chi connectivity index (χ1n) is 11.5. The van der Waals surface area contributed by atoms with Crippen LogP contribution in [0.1, 0.15) is 38.0 Å². The summed E-state index contributed by atoms with van der Waals surface area (Å²) in [7, 11) is 1.77. The maximum Gasteiger partial charge on any atom is 0.248 e. The van der Waals surface area contributed by atoms with Gasteiger partial charge in [0.25, 0.3) is 0 Å². The van der Waals surface area contributed by atoms with Crippen molar-refractivity contribution in [2.75, 3.05) is 10.6 Å². The molecule has 1 unspecified atom stereocenters. The number of benzene rings is 1. The number of nitrogens with one attached hydrogen (secondary N) is 2. The molecule has 5 aromatic rings. The molecule has 0 saturated carbocycles. The van der Waals surface area contributed by atoms with E-state index in [0.717, 1.165) is 0 Å². The number of anilines is 4. The number of aliphatic hydroxyl groups is 1. The molecule has 14 nitrogen and oxygen atoms in total. The maximum absolute atomic E-state index is 9.74. The number of aromatic nitrogens is 9. The van der Waals surface area contributed by atoms with Gasteiger partial charge in [-0.15, -0.1) is 10.2 Å². The molecule has 0 spiro atoms. The number of imidazole rings is 1. The van der Waals surface area contributed by atoms with E-state index in [0.29, 0.717) is 39.8 Å². The minimum Gasteiger partial charge on any atom is -0.391 e. The van der Waals surface area contributed by atoms with E-state index in [4.69, 9.17) is 0 Å². The van der Waals surface area contributed by atoms with Crippen LogP contribution in [0.5, 0.6) is 0 Å². The number of aryl methyl sites for hydroxylation is 2. The minimum atomic E-state index is -0.615. The third-order valence-corrected chi connectivity index (χ3v) is 5.24. The van der Waals surface area contributed by atoms with E-state index >= 15 is 0 Å². The number of nitrogens with zero attached hydrogens (tertiary/aromatic N) is 11. The van der Waals surface area contributed by atoms with Gasteiger partial charge in [0.2, 0.25) is 11.9 Å². The lowest BCUT2D eigenvalue weighted by atomic mass is 10.2. The Balaban J connectivity index is 0.00000156. The second-order valence-corrected chi connectivity index (χ2v) is 7.85. The van der Waals surface area contributed by atoms with Crippen LogP contribution < -0.4 is 10.6 Å². The number of aliphatic hydroxyl groups excluding tert-OH is 1. The lowest BCUT2D eigenvalue weighted by Gasteiger charge is -2.09. The van der Waals surface area contributed by atoms with Gasteiger partial charge in [0, 0.05) is 18.1 Å². The molecule has 0 amide bonds. The van der Waals surface area contributed by atoms with E-state index in [-0.39, 0.29) is 23.9 Å². The molecule has 0 fully saturated rings. The highest BCUT2D eigenvalue weighted by atomic mass is 16.3. The third kappa shape index (κ3) is 4.86. The van der Waals surface area contributed by atoms with Crippen molar-refractivity contribution in [3.63, 3.8) is 0 Å². The zero-order valence-corrected chi connectivity index (χ0v) is 21.0. The normalized spacial score (nSPS) is 11.5. The first kappa shape index (κ1) is 25.0.